The Morgan fingerprint density at radius 2 is 2.23 bits per heavy atom. The minimum Gasteiger partial charge on any atom is -0.355 e. The molecule has 1 aromatic carbocycles. The van der Waals surface area contributed by atoms with Gasteiger partial charge in [0.1, 0.15) is 0 Å². The Balaban J connectivity index is 2.76. The first kappa shape index (κ1) is 8.25. The molecule has 0 atom stereocenters. The molecule has 0 saturated heterocycles. The lowest BCUT2D eigenvalue weighted by Gasteiger charge is -1.90. The Morgan fingerprint density at radius 1 is 1.46 bits per heavy atom. The van der Waals surface area contributed by atoms with Crippen molar-refractivity contribution in [1.29, 1.82) is 0 Å². The first-order valence-electron chi connectivity index (χ1n) is 3.59. The summed E-state index contributed by atoms with van der Waals surface area (Å²) in [6.07, 6.45) is 1.40. The van der Waals surface area contributed by atoms with E-state index in [1.165, 1.54) is 6.20 Å². The van der Waals surface area contributed by atoms with Gasteiger partial charge >= 0.3 is 0 Å². The molecular formula is C8H5BrN2O2. The highest BCUT2D eigenvalue weighted by molar-refractivity contribution is 9.10. The van der Waals surface area contributed by atoms with E-state index in [-0.39, 0.29) is 5.69 Å². The average Bonchev–Trinajstić information content (AvgIpc) is 2.46. The Labute approximate surface area is 81.8 Å². The summed E-state index contributed by atoms with van der Waals surface area (Å²) in [4.78, 5) is 13.0. The van der Waals surface area contributed by atoms with Gasteiger partial charge in [-0.3, -0.25) is 10.1 Å². The highest BCUT2D eigenvalue weighted by Gasteiger charge is 2.12. The number of H-pyrrole nitrogens is 1. The molecule has 4 nitrogen and oxygen atoms in total. The van der Waals surface area contributed by atoms with Gasteiger partial charge < -0.3 is 4.98 Å². The molecule has 1 N–H and O–H groups in total. The molecule has 0 unspecified atom stereocenters. The second-order valence-electron chi connectivity index (χ2n) is 2.62. The standard InChI is InChI=1S/C8H5BrN2O2/c9-5-1-2-6-7(3-5)10-4-8(6)11(12)13/h1-4,10H. The van der Waals surface area contributed by atoms with Crippen molar-refractivity contribution in [2.45, 2.75) is 0 Å². The Hall–Kier alpha value is -1.36. The lowest BCUT2D eigenvalue weighted by molar-refractivity contribution is -0.383. The van der Waals surface area contributed by atoms with Gasteiger partial charge in [-0.05, 0) is 18.2 Å². The second-order valence-corrected chi connectivity index (χ2v) is 3.54. The molecule has 2 rings (SSSR count). The maximum absolute atomic E-state index is 10.5. The molecule has 0 amide bonds. The van der Waals surface area contributed by atoms with Crippen molar-refractivity contribution in [3.05, 3.63) is 39.0 Å². The molecule has 66 valence electrons. The zero-order chi connectivity index (χ0) is 9.42. The number of nitrogens with zero attached hydrogens (tertiary/aromatic N) is 1. The molecule has 0 fully saturated rings. The fourth-order valence-electron chi connectivity index (χ4n) is 1.23. The number of nitro groups is 1. The van der Waals surface area contributed by atoms with Gasteiger partial charge in [-0.2, -0.15) is 0 Å². The summed E-state index contributed by atoms with van der Waals surface area (Å²) >= 11 is 3.29. The van der Waals surface area contributed by atoms with Crippen molar-refractivity contribution in [3.63, 3.8) is 0 Å². The zero-order valence-electron chi connectivity index (χ0n) is 6.45. The third-order valence-corrected chi connectivity index (χ3v) is 2.31. The van der Waals surface area contributed by atoms with E-state index in [1.807, 2.05) is 6.07 Å². The van der Waals surface area contributed by atoms with Crippen LogP contribution in [0.25, 0.3) is 10.9 Å². The van der Waals surface area contributed by atoms with Crippen LogP contribution in [0.15, 0.2) is 28.9 Å². The normalized spacial score (nSPS) is 10.5. The lowest BCUT2D eigenvalue weighted by atomic mass is 10.2. The number of aromatic amines is 1. The largest absolute Gasteiger partial charge is 0.355 e. The van der Waals surface area contributed by atoms with Crippen LogP contribution < -0.4 is 0 Å². The molecule has 0 radical (unpaired) electrons. The number of fused-ring (bicyclic) bond motifs is 1. The summed E-state index contributed by atoms with van der Waals surface area (Å²) in [6.45, 7) is 0. The molecule has 0 aliphatic carbocycles. The number of benzene rings is 1. The van der Waals surface area contributed by atoms with Crippen molar-refractivity contribution in [2.24, 2.45) is 0 Å². The summed E-state index contributed by atoms with van der Waals surface area (Å²) in [5.41, 5.74) is 0.878. The van der Waals surface area contributed by atoms with E-state index in [1.54, 1.807) is 12.1 Å². The first-order valence-corrected chi connectivity index (χ1v) is 4.39. The number of nitrogens with one attached hydrogen (secondary N) is 1. The Kier molecular flexibility index (Phi) is 1.81. The monoisotopic (exact) mass is 240 g/mol. The van der Waals surface area contributed by atoms with E-state index in [2.05, 4.69) is 20.9 Å². The second kappa shape index (κ2) is 2.85. The minimum atomic E-state index is -0.396. The van der Waals surface area contributed by atoms with E-state index in [0.717, 1.165) is 9.99 Å². The molecule has 13 heavy (non-hydrogen) atoms. The van der Waals surface area contributed by atoms with Crippen LogP contribution in [0.1, 0.15) is 0 Å². The molecule has 1 aromatic heterocycles. The fraction of sp³-hybridized carbons (Fsp3) is 0. The maximum Gasteiger partial charge on any atom is 0.294 e. The van der Waals surface area contributed by atoms with Crippen molar-refractivity contribution in [1.82, 2.24) is 4.98 Å². The van der Waals surface area contributed by atoms with Crippen LogP contribution in [0.2, 0.25) is 0 Å². The fourth-order valence-corrected chi connectivity index (χ4v) is 1.60. The molecule has 1 heterocycles. The topological polar surface area (TPSA) is 58.9 Å². The summed E-state index contributed by atoms with van der Waals surface area (Å²) < 4.78 is 0.900. The Bertz CT molecular complexity index is 478. The number of halogens is 1. The van der Waals surface area contributed by atoms with Crippen molar-refractivity contribution in [2.75, 3.05) is 0 Å². The van der Waals surface area contributed by atoms with E-state index >= 15 is 0 Å². The smallest absolute Gasteiger partial charge is 0.294 e. The molecule has 0 spiro atoms. The van der Waals surface area contributed by atoms with Gasteiger partial charge in [0.15, 0.2) is 0 Å². The van der Waals surface area contributed by atoms with Gasteiger partial charge in [-0.25, -0.2) is 0 Å². The molecule has 0 saturated carbocycles. The van der Waals surface area contributed by atoms with Gasteiger partial charge in [-0.1, -0.05) is 15.9 Å². The van der Waals surface area contributed by atoms with Crippen molar-refractivity contribution < 1.29 is 4.92 Å². The van der Waals surface area contributed by atoms with Gasteiger partial charge in [0.25, 0.3) is 5.69 Å². The number of hydrogen-bond donors (Lipinski definition) is 1. The third-order valence-electron chi connectivity index (χ3n) is 1.82. The van der Waals surface area contributed by atoms with Crippen LogP contribution in [-0.4, -0.2) is 9.91 Å². The summed E-state index contributed by atoms with van der Waals surface area (Å²) in [7, 11) is 0. The predicted molar refractivity (Wildman–Crippen MR) is 52.7 cm³/mol. The first-order chi connectivity index (χ1) is 6.18. The van der Waals surface area contributed by atoms with Crippen LogP contribution in [-0.2, 0) is 0 Å². The van der Waals surface area contributed by atoms with Crippen LogP contribution in [0.3, 0.4) is 0 Å². The third kappa shape index (κ3) is 1.31. The molecule has 5 heteroatoms. The number of rotatable bonds is 1. The van der Waals surface area contributed by atoms with Crippen LogP contribution in [0.5, 0.6) is 0 Å². The quantitative estimate of drug-likeness (QED) is 0.616. The molecule has 0 aliphatic heterocycles. The molecule has 0 bridgehead atoms. The van der Waals surface area contributed by atoms with Crippen molar-refractivity contribution in [3.8, 4) is 0 Å². The van der Waals surface area contributed by atoms with Gasteiger partial charge in [0.05, 0.1) is 22.0 Å². The van der Waals surface area contributed by atoms with E-state index < -0.39 is 4.92 Å². The molecular weight excluding hydrogens is 236 g/mol. The summed E-state index contributed by atoms with van der Waals surface area (Å²) in [5, 5.41) is 11.2. The number of hydrogen-bond acceptors (Lipinski definition) is 2. The summed E-state index contributed by atoms with van der Waals surface area (Å²) in [5.74, 6) is 0. The highest BCUT2D eigenvalue weighted by atomic mass is 79.9. The maximum atomic E-state index is 10.5. The van der Waals surface area contributed by atoms with E-state index in [9.17, 15) is 10.1 Å². The van der Waals surface area contributed by atoms with Crippen LogP contribution >= 0.6 is 15.9 Å². The molecule has 2 aromatic rings. The minimum absolute atomic E-state index is 0.113. The van der Waals surface area contributed by atoms with Gasteiger partial charge in [0, 0.05) is 4.47 Å². The SMILES string of the molecule is O=[N+]([O-])c1c[nH]c2cc(Br)ccc12. The number of aromatic nitrogens is 1. The lowest BCUT2D eigenvalue weighted by Crippen LogP contribution is -1.84. The highest BCUT2D eigenvalue weighted by Crippen LogP contribution is 2.27. The van der Waals surface area contributed by atoms with Crippen LogP contribution in [0, 0.1) is 10.1 Å². The average molecular weight is 241 g/mol. The van der Waals surface area contributed by atoms with Gasteiger partial charge in [0.2, 0.25) is 0 Å². The van der Waals surface area contributed by atoms with E-state index in [4.69, 9.17) is 0 Å². The van der Waals surface area contributed by atoms with Crippen molar-refractivity contribution >= 4 is 32.5 Å². The van der Waals surface area contributed by atoms with Crippen LogP contribution in [0.4, 0.5) is 5.69 Å². The summed E-state index contributed by atoms with van der Waals surface area (Å²) in [6, 6.07) is 5.31. The zero-order valence-corrected chi connectivity index (χ0v) is 8.04. The van der Waals surface area contributed by atoms with Gasteiger partial charge in [-0.15, -0.1) is 0 Å². The molecule has 0 aliphatic rings. The predicted octanol–water partition coefficient (Wildman–Crippen LogP) is 2.84. The Morgan fingerprint density at radius 3 is 2.92 bits per heavy atom. The van der Waals surface area contributed by atoms with E-state index in [0.29, 0.717) is 5.39 Å².